The van der Waals surface area contributed by atoms with E-state index in [0.717, 1.165) is 57.2 Å². The summed E-state index contributed by atoms with van der Waals surface area (Å²) in [4.78, 5) is 31.5. The average molecular weight is 485 g/mol. The van der Waals surface area contributed by atoms with Crippen LogP contribution in [0.25, 0.3) is 0 Å². The quantitative estimate of drug-likeness (QED) is 0.577. The summed E-state index contributed by atoms with van der Waals surface area (Å²) in [6.07, 6.45) is 1.02. The SMILES string of the molecule is CN(CC(=O)Nc1ccc(N2CCOCC2)cc1)C(=O)c1ccc(N2CCc3ccccc3C2)cc1. The normalized spacial score (nSPS) is 15.2. The number of fused-ring (bicyclic) bond motifs is 1. The Labute approximate surface area is 212 Å². The van der Waals surface area contributed by atoms with Gasteiger partial charge in [-0.2, -0.15) is 0 Å². The van der Waals surface area contributed by atoms with Crippen LogP contribution in [0, 0.1) is 0 Å². The minimum atomic E-state index is -0.228. The van der Waals surface area contributed by atoms with E-state index in [9.17, 15) is 9.59 Å². The van der Waals surface area contributed by atoms with E-state index < -0.39 is 0 Å². The van der Waals surface area contributed by atoms with E-state index in [0.29, 0.717) is 11.3 Å². The third-order valence-electron chi connectivity index (χ3n) is 6.86. The van der Waals surface area contributed by atoms with Crippen molar-refractivity contribution in [2.45, 2.75) is 13.0 Å². The fourth-order valence-electron chi connectivity index (χ4n) is 4.82. The number of carbonyl (C=O) groups excluding carboxylic acids is 2. The van der Waals surface area contributed by atoms with Crippen molar-refractivity contribution < 1.29 is 14.3 Å². The minimum absolute atomic E-state index is 0.0191. The van der Waals surface area contributed by atoms with Crippen molar-refractivity contribution in [3.8, 4) is 0 Å². The number of nitrogens with zero attached hydrogens (tertiary/aromatic N) is 3. The van der Waals surface area contributed by atoms with Crippen LogP contribution in [0.1, 0.15) is 21.5 Å². The molecular formula is C29H32N4O3. The monoisotopic (exact) mass is 484 g/mol. The van der Waals surface area contributed by atoms with Crippen LogP contribution >= 0.6 is 0 Å². The Balaban J connectivity index is 1.14. The van der Waals surface area contributed by atoms with E-state index in [2.05, 4.69) is 39.4 Å². The minimum Gasteiger partial charge on any atom is -0.378 e. The number of likely N-dealkylation sites (N-methyl/N-ethyl adjacent to an activating group) is 1. The van der Waals surface area contributed by atoms with E-state index in [1.54, 1.807) is 7.05 Å². The second-order valence-corrected chi connectivity index (χ2v) is 9.34. The third-order valence-corrected chi connectivity index (χ3v) is 6.86. The van der Waals surface area contributed by atoms with Crippen molar-refractivity contribution in [1.29, 1.82) is 0 Å². The number of nitrogens with one attached hydrogen (secondary N) is 1. The van der Waals surface area contributed by atoms with Gasteiger partial charge in [0.1, 0.15) is 0 Å². The molecule has 2 amide bonds. The third kappa shape index (κ3) is 5.52. The number of morpholine rings is 1. The van der Waals surface area contributed by atoms with Crippen LogP contribution in [0.4, 0.5) is 17.1 Å². The van der Waals surface area contributed by atoms with E-state index in [1.807, 2.05) is 48.5 Å². The second-order valence-electron chi connectivity index (χ2n) is 9.34. The number of amides is 2. The molecule has 5 rings (SSSR count). The molecule has 3 aromatic carbocycles. The molecule has 3 aromatic rings. The summed E-state index contributed by atoms with van der Waals surface area (Å²) in [5, 5.41) is 2.89. The average Bonchev–Trinajstić information content (AvgIpc) is 2.93. The molecule has 2 aliphatic heterocycles. The smallest absolute Gasteiger partial charge is 0.254 e. The maximum Gasteiger partial charge on any atom is 0.254 e. The Hall–Kier alpha value is -3.84. The Kier molecular flexibility index (Phi) is 7.18. The standard InChI is InChI=1S/C29H32N4O3/c1-31(21-28(34)30-25-8-12-26(13-9-25)32-16-18-36-19-17-32)29(35)23-6-10-27(11-7-23)33-15-14-22-4-2-3-5-24(22)20-33/h2-13H,14-21H2,1H3,(H,30,34). The van der Waals surface area contributed by atoms with Gasteiger partial charge in [-0.25, -0.2) is 0 Å². The zero-order valence-corrected chi connectivity index (χ0v) is 20.7. The van der Waals surface area contributed by atoms with Crippen LogP contribution in [0.5, 0.6) is 0 Å². The van der Waals surface area contributed by atoms with Crippen molar-refractivity contribution >= 4 is 28.9 Å². The fraction of sp³-hybridized carbons (Fsp3) is 0.310. The summed E-state index contributed by atoms with van der Waals surface area (Å²) < 4.78 is 5.40. The Morgan fingerprint density at radius 1 is 0.833 bits per heavy atom. The maximum atomic E-state index is 12.9. The molecule has 1 fully saturated rings. The van der Waals surface area contributed by atoms with Gasteiger partial charge in [0, 0.05) is 55.9 Å². The van der Waals surface area contributed by atoms with Crippen LogP contribution in [0.2, 0.25) is 0 Å². The van der Waals surface area contributed by atoms with Gasteiger partial charge in [0.2, 0.25) is 5.91 Å². The number of carbonyl (C=O) groups is 2. The molecule has 0 unspecified atom stereocenters. The molecular weight excluding hydrogens is 452 g/mol. The predicted molar refractivity (Wildman–Crippen MR) is 143 cm³/mol. The fourth-order valence-corrected chi connectivity index (χ4v) is 4.82. The van der Waals surface area contributed by atoms with Crippen LogP contribution in [0.15, 0.2) is 72.8 Å². The summed E-state index contributed by atoms with van der Waals surface area (Å²) in [6, 6.07) is 24.0. The Bertz CT molecular complexity index is 1200. The van der Waals surface area contributed by atoms with Gasteiger partial charge in [0.25, 0.3) is 5.91 Å². The number of hydrogen-bond donors (Lipinski definition) is 1. The van der Waals surface area contributed by atoms with Crippen molar-refractivity contribution in [1.82, 2.24) is 4.90 Å². The predicted octanol–water partition coefficient (Wildman–Crippen LogP) is 3.80. The number of hydrogen-bond acceptors (Lipinski definition) is 5. The number of anilines is 3. The van der Waals surface area contributed by atoms with Crippen molar-refractivity contribution in [3.63, 3.8) is 0 Å². The molecule has 1 N–H and O–H groups in total. The van der Waals surface area contributed by atoms with E-state index in [-0.39, 0.29) is 18.4 Å². The summed E-state index contributed by atoms with van der Waals surface area (Å²) in [6.45, 7) is 5.00. The van der Waals surface area contributed by atoms with Gasteiger partial charge in [0.05, 0.1) is 19.8 Å². The van der Waals surface area contributed by atoms with Gasteiger partial charge >= 0.3 is 0 Å². The molecule has 1 saturated heterocycles. The Morgan fingerprint density at radius 2 is 1.47 bits per heavy atom. The molecule has 0 spiro atoms. The topological polar surface area (TPSA) is 65.1 Å². The van der Waals surface area contributed by atoms with Gasteiger partial charge in [-0.05, 0) is 66.1 Å². The van der Waals surface area contributed by atoms with Crippen LogP contribution in [-0.2, 0) is 22.5 Å². The zero-order valence-electron chi connectivity index (χ0n) is 20.7. The first-order valence-corrected chi connectivity index (χ1v) is 12.5. The lowest BCUT2D eigenvalue weighted by atomic mass is 9.99. The summed E-state index contributed by atoms with van der Waals surface area (Å²) >= 11 is 0. The van der Waals surface area contributed by atoms with Gasteiger partial charge in [0.15, 0.2) is 0 Å². The van der Waals surface area contributed by atoms with Gasteiger partial charge in [-0.1, -0.05) is 24.3 Å². The summed E-state index contributed by atoms with van der Waals surface area (Å²) in [5.74, 6) is -0.406. The maximum absolute atomic E-state index is 12.9. The highest BCUT2D eigenvalue weighted by Crippen LogP contribution is 2.25. The highest BCUT2D eigenvalue weighted by Gasteiger charge is 2.19. The molecule has 36 heavy (non-hydrogen) atoms. The molecule has 0 atom stereocenters. The molecule has 0 radical (unpaired) electrons. The molecule has 2 aliphatic rings. The highest BCUT2D eigenvalue weighted by molar-refractivity contribution is 5.99. The first-order valence-electron chi connectivity index (χ1n) is 12.5. The second kappa shape index (κ2) is 10.8. The molecule has 2 heterocycles. The summed E-state index contributed by atoms with van der Waals surface area (Å²) in [7, 11) is 1.65. The van der Waals surface area contributed by atoms with Gasteiger partial charge in [-0.3, -0.25) is 9.59 Å². The molecule has 0 bridgehead atoms. The first kappa shape index (κ1) is 23.9. The molecule has 0 saturated carbocycles. The molecule has 186 valence electrons. The van der Waals surface area contributed by atoms with Crippen molar-refractivity contribution in [3.05, 3.63) is 89.5 Å². The van der Waals surface area contributed by atoms with Crippen LogP contribution in [-0.4, -0.2) is 63.2 Å². The van der Waals surface area contributed by atoms with Crippen LogP contribution < -0.4 is 15.1 Å². The lowest BCUT2D eigenvalue weighted by Crippen LogP contribution is -2.36. The van der Waals surface area contributed by atoms with Gasteiger partial charge in [-0.15, -0.1) is 0 Å². The van der Waals surface area contributed by atoms with E-state index in [1.165, 1.54) is 16.0 Å². The highest BCUT2D eigenvalue weighted by atomic mass is 16.5. The number of ether oxygens (including phenoxy) is 1. The summed E-state index contributed by atoms with van der Waals surface area (Å²) in [5.41, 5.74) is 6.26. The van der Waals surface area contributed by atoms with E-state index in [4.69, 9.17) is 4.74 Å². The van der Waals surface area contributed by atoms with E-state index >= 15 is 0 Å². The molecule has 0 aliphatic carbocycles. The molecule has 0 aromatic heterocycles. The first-order chi connectivity index (χ1) is 17.6. The van der Waals surface area contributed by atoms with Crippen LogP contribution in [0.3, 0.4) is 0 Å². The lowest BCUT2D eigenvalue weighted by molar-refractivity contribution is -0.116. The lowest BCUT2D eigenvalue weighted by Gasteiger charge is -2.31. The largest absolute Gasteiger partial charge is 0.378 e. The molecule has 7 nitrogen and oxygen atoms in total. The zero-order chi connectivity index (χ0) is 24.9. The molecule has 7 heteroatoms. The Morgan fingerprint density at radius 3 is 2.19 bits per heavy atom. The number of benzene rings is 3. The van der Waals surface area contributed by atoms with Crippen molar-refractivity contribution in [2.24, 2.45) is 0 Å². The number of rotatable bonds is 6. The van der Waals surface area contributed by atoms with Crippen molar-refractivity contribution in [2.75, 3.05) is 61.6 Å². The van der Waals surface area contributed by atoms with Gasteiger partial charge < -0.3 is 24.8 Å².